The Morgan fingerprint density at radius 1 is 1.08 bits per heavy atom. The van der Waals surface area contributed by atoms with Crippen molar-refractivity contribution in [3.63, 3.8) is 0 Å². The fourth-order valence-corrected chi connectivity index (χ4v) is 3.06. The number of ether oxygens (including phenoxy) is 1. The predicted molar refractivity (Wildman–Crippen MR) is 91.7 cm³/mol. The molecule has 0 aromatic heterocycles. The van der Waals surface area contributed by atoms with E-state index in [4.69, 9.17) is 4.74 Å². The van der Waals surface area contributed by atoms with Crippen molar-refractivity contribution in [2.24, 2.45) is 0 Å². The molecule has 0 fully saturated rings. The minimum absolute atomic E-state index is 0.103. The zero-order valence-corrected chi connectivity index (χ0v) is 14.4. The molecule has 0 aliphatic carbocycles. The molecular formula is C17H20N2O4S. The van der Waals surface area contributed by atoms with Crippen molar-refractivity contribution >= 4 is 15.9 Å². The monoisotopic (exact) mass is 348 g/mol. The van der Waals surface area contributed by atoms with Crippen molar-refractivity contribution in [2.45, 2.75) is 11.8 Å². The van der Waals surface area contributed by atoms with E-state index >= 15 is 0 Å². The number of amides is 1. The lowest BCUT2D eigenvalue weighted by Crippen LogP contribution is -2.34. The topological polar surface area (TPSA) is 84.5 Å². The molecule has 2 N–H and O–H groups in total. The number of carbonyl (C=O) groups excluding carboxylic acids is 1. The summed E-state index contributed by atoms with van der Waals surface area (Å²) in [6, 6.07) is 13.3. The molecule has 0 atom stereocenters. The summed E-state index contributed by atoms with van der Waals surface area (Å²) in [6.45, 7) is 2.17. The minimum Gasteiger partial charge on any atom is -0.497 e. The highest BCUT2D eigenvalue weighted by Gasteiger charge is 2.13. The summed E-state index contributed by atoms with van der Waals surface area (Å²) in [5.41, 5.74) is 1.44. The van der Waals surface area contributed by atoms with Crippen molar-refractivity contribution in [2.75, 3.05) is 20.2 Å². The Hall–Kier alpha value is -2.38. The van der Waals surface area contributed by atoms with Gasteiger partial charge in [-0.1, -0.05) is 23.8 Å². The van der Waals surface area contributed by atoms with Crippen LogP contribution in [0, 0.1) is 6.92 Å². The van der Waals surface area contributed by atoms with Crippen LogP contribution in [0.1, 0.15) is 15.9 Å². The molecular weight excluding hydrogens is 328 g/mol. The zero-order valence-electron chi connectivity index (χ0n) is 13.6. The van der Waals surface area contributed by atoms with Crippen LogP contribution in [-0.2, 0) is 10.0 Å². The van der Waals surface area contributed by atoms with E-state index in [2.05, 4.69) is 10.0 Å². The van der Waals surface area contributed by atoms with Crippen LogP contribution in [0.5, 0.6) is 5.75 Å². The van der Waals surface area contributed by atoms with E-state index in [9.17, 15) is 13.2 Å². The van der Waals surface area contributed by atoms with E-state index in [0.29, 0.717) is 11.3 Å². The number of benzene rings is 2. The lowest BCUT2D eigenvalue weighted by Gasteiger charge is -2.09. The molecule has 0 spiro atoms. The Morgan fingerprint density at radius 3 is 2.46 bits per heavy atom. The molecule has 24 heavy (non-hydrogen) atoms. The van der Waals surface area contributed by atoms with Crippen molar-refractivity contribution in [3.8, 4) is 5.75 Å². The van der Waals surface area contributed by atoms with E-state index < -0.39 is 10.0 Å². The zero-order chi connectivity index (χ0) is 17.6. The fraction of sp³-hybridized carbons (Fsp3) is 0.235. The lowest BCUT2D eigenvalue weighted by atomic mass is 10.2. The summed E-state index contributed by atoms with van der Waals surface area (Å²) in [4.78, 5) is 12.2. The average molecular weight is 348 g/mol. The van der Waals surface area contributed by atoms with Gasteiger partial charge in [0.15, 0.2) is 0 Å². The first-order chi connectivity index (χ1) is 11.4. The van der Waals surface area contributed by atoms with E-state index in [1.807, 2.05) is 6.92 Å². The second kappa shape index (κ2) is 7.94. The van der Waals surface area contributed by atoms with Crippen LogP contribution in [0.15, 0.2) is 53.4 Å². The Bertz CT molecular complexity index is 802. The van der Waals surface area contributed by atoms with Gasteiger partial charge in [-0.15, -0.1) is 0 Å². The van der Waals surface area contributed by atoms with Gasteiger partial charge in [-0.2, -0.15) is 0 Å². The summed E-state index contributed by atoms with van der Waals surface area (Å²) in [6.07, 6.45) is 0. The summed E-state index contributed by atoms with van der Waals surface area (Å²) >= 11 is 0. The number of aryl methyl sites for hydroxylation is 1. The highest BCUT2D eigenvalue weighted by Crippen LogP contribution is 2.12. The molecule has 2 aromatic carbocycles. The molecule has 1 amide bonds. The minimum atomic E-state index is -3.57. The lowest BCUT2D eigenvalue weighted by molar-refractivity contribution is 0.0954. The van der Waals surface area contributed by atoms with E-state index in [0.717, 1.165) is 5.56 Å². The third-order valence-electron chi connectivity index (χ3n) is 3.37. The van der Waals surface area contributed by atoms with Crippen LogP contribution < -0.4 is 14.8 Å². The highest BCUT2D eigenvalue weighted by molar-refractivity contribution is 7.89. The van der Waals surface area contributed by atoms with E-state index in [1.54, 1.807) is 48.5 Å². The van der Waals surface area contributed by atoms with Gasteiger partial charge in [0.2, 0.25) is 10.0 Å². The van der Waals surface area contributed by atoms with Gasteiger partial charge in [0.05, 0.1) is 12.0 Å². The highest BCUT2D eigenvalue weighted by atomic mass is 32.2. The maximum atomic E-state index is 12.1. The second-order valence-corrected chi connectivity index (χ2v) is 6.97. The molecule has 0 aliphatic rings. The molecule has 0 saturated heterocycles. The Labute approximate surface area is 141 Å². The first kappa shape index (κ1) is 18.0. The van der Waals surface area contributed by atoms with Crippen molar-refractivity contribution in [1.29, 1.82) is 0 Å². The fourth-order valence-electron chi connectivity index (χ4n) is 2.03. The third-order valence-corrected chi connectivity index (χ3v) is 4.84. The number of nitrogens with one attached hydrogen (secondary N) is 2. The third kappa shape index (κ3) is 4.81. The van der Waals surface area contributed by atoms with Crippen LogP contribution >= 0.6 is 0 Å². The molecule has 0 bridgehead atoms. The van der Waals surface area contributed by atoms with Gasteiger partial charge in [-0.3, -0.25) is 4.79 Å². The smallest absolute Gasteiger partial charge is 0.251 e. The number of carbonyl (C=O) groups is 1. The molecule has 0 saturated carbocycles. The maximum absolute atomic E-state index is 12.1. The summed E-state index contributed by atoms with van der Waals surface area (Å²) in [5.74, 6) is 0.297. The van der Waals surface area contributed by atoms with Gasteiger partial charge >= 0.3 is 0 Å². The SMILES string of the molecule is COc1cccc(C(=O)NCCNS(=O)(=O)c2ccc(C)cc2)c1. The average Bonchev–Trinajstić information content (AvgIpc) is 2.59. The number of hydrogen-bond donors (Lipinski definition) is 2. The normalized spacial score (nSPS) is 11.1. The summed E-state index contributed by atoms with van der Waals surface area (Å²) < 4.78 is 31.7. The molecule has 0 radical (unpaired) electrons. The standard InChI is InChI=1S/C17H20N2O4S/c1-13-6-8-16(9-7-13)24(21,22)19-11-10-18-17(20)14-4-3-5-15(12-14)23-2/h3-9,12,19H,10-11H2,1-2H3,(H,18,20). The molecule has 7 heteroatoms. The first-order valence-electron chi connectivity index (χ1n) is 7.41. The largest absolute Gasteiger partial charge is 0.497 e. The number of rotatable bonds is 7. The van der Waals surface area contributed by atoms with Gasteiger partial charge in [0.25, 0.3) is 5.91 Å². The summed E-state index contributed by atoms with van der Waals surface area (Å²) in [7, 11) is -2.05. The van der Waals surface area contributed by atoms with Crippen LogP contribution in [0.25, 0.3) is 0 Å². The van der Waals surface area contributed by atoms with E-state index in [1.165, 1.54) is 7.11 Å². The van der Waals surface area contributed by atoms with Gasteiger partial charge in [0.1, 0.15) is 5.75 Å². The van der Waals surface area contributed by atoms with Gasteiger partial charge in [-0.05, 0) is 37.3 Å². The predicted octanol–water partition coefficient (Wildman–Crippen LogP) is 1.71. The Balaban J connectivity index is 1.85. The molecule has 0 heterocycles. The van der Waals surface area contributed by atoms with Gasteiger partial charge < -0.3 is 10.1 Å². The van der Waals surface area contributed by atoms with Gasteiger partial charge in [-0.25, -0.2) is 13.1 Å². The van der Waals surface area contributed by atoms with Crippen LogP contribution in [0.4, 0.5) is 0 Å². The van der Waals surface area contributed by atoms with Gasteiger partial charge in [0, 0.05) is 18.7 Å². The summed E-state index contributed by atoms with van der Waals surface area (Å²) in [5, 5.41) is 2.66. The van der Waals surface area contributed by atoms with Crippen LogP contribution in [-0.4, -0.2) is 34.5 Å². The Kier molecular flexibility index (Phi) is 5.94. The van der Waals surface area contributed by atoms with Crippen LogP contribution in [0.2, 0.25) is 0 Å². The quantitative estimate of drug-likeness (QED) is 0.746. The van der Waals surface area contributed by atoms with E-state index in [-0.39, 0.29) is 23.9 Å². The molecule has 0 aliphatic heterocycles. The number of methoxy groups -OCH3 is 1. The molecule has 128 valence electrons. The first-order valence-corrected chi connectivity index (χ1v) is 8.89. The molecule has 0 unspecified atom stereocenters. The second-order valence-electron chi connectivity index (χ2n) is 5.20. The van der Waals surface area contributed by atoms with Crippen LogP contribution in [0.3, 0.4) is 0 Å². The van der Waals surface area contributed by atoms with Crippen molar-refractivity contribution < 1.29 is 17.9 Å². The van der Waals surface area contributed by atoms with Crippen molar-refractivity contribution in [1.82, 2.24) is 10.0 Å². The van der Waals surface area contributed by atoms with Crippen molar-refractivity contribution in [3.05, 3.63) is 59.7 Å². The molecule has 2 rings (SSSR count). The number of sulfonamides is 1. The molecule has 6 nitrogen and oxygen atoms in total. The molecule has 2 aromatic rings. The Morgan fingerprint density at radius 2 is 1.79 bits per heavy atom. The maximum Gasteiger partial charge on any atom is 0.251 e. The number of hydrogen-bond acceptors (Lipinski definition) is 4.